The van der Waals surface area contributed by atoms with Gasteiger partial charge in [-0.25, -0.2) is 0 Å². The smallest absolute Gasteiger partial charge is 0.162 e. The van der Waals surface area contributed by atoms with E-state index in [1.54, 1.807) is 6.20 Å². The number of aromatic amines is 1. The zero-order valence-electron chi connectivity index (χ0n) is 8.99. The third-order valence-electron chi connectivity index (χ3n) is 2.68. The Balaban J connectivity index is 2.12. The molecule has 0 saturated carbocycles. The number of nitrogens with one attached hydrogen (secondary N) is 1. The molecule has 16 heavy (non-hydrogen) atoms. The highest BCUT2D eigenvalue weighted by Crippen LogP contribution is 2.36. The maximum atomic E-state index is 5.56. The molecular weight excluding hydrogens is 204 g/mol. The largest absolute Gasteiger partial charge is 0.486 e. The van der Waals surface area contributed by atoms with Crippen LogP contribution < -0.4 is 9.47 Å². The lowest BCUT2D eigenvalue weighted by Gasteiger charge is -2.20. The fourth-order valence-electron chi connectivity index (χ4n) is 1.89. The second-order valence-corrected chi connectivity index (χ2v) is 3.78. The Morgan fingerprint density at radius 2 is 1.94 bits per heavy atom. The molecule has 0 unspecified atom stereocenters. The van der Waals surface area contributed by atoms with Gasteiger partial charge in [0.1, 0.15) is 13.2 Å². The van der Waals surface area contributed by atoms with Gasteiger partial charge in [-0.15, -0.1) is 0 Å². The van der Waals surface area contributed by atoms with Gasteiger partial charge in [0.05, 0.1) is 5.69 Å². The Bertz CT molecular complexity index is 506. The molecule has 0 radical (unpaired) electrons. The highest BCUT2D eigenvalue weighted by molar-refractivity contribution is 5.68. The van der Waals surface area contributed by atoms with Crippen molar-refractivity contribution in [2.45, 2.75) is 6.92 Å². The number of benzene rings is 1. The summed E-state index contributed by atoms with van der Waals surface area (Å²) in [4.78, 5) is 0. The van der Waals surface area contributed by atoms with Crippen LogP contribution in [0.4, 0.5) is 0 Å². The zero-order valence-corrected chi connectivity index (χ0v) is 8.99. The van der Waals surface area contributed by atoms with Crippen LogP contribution in [0.1, 0.15) is 5.56 Å². The second-order valence-electron chi connectivity index (χ2n) is 3.78. The van der Waals surface area contributed by atoms with E-state index in [1.165, 1.54) is 0 Å². The van der Waals surface area contributed by atoms with Crippen LogP contribution in [-0.4, -0.2) is 23.4 Å². The van der Waals surface area contributed by atoms with E-state index in [4.69, 9.17) is 9.47 Å². The summed E-state index contributed by atoms with van der Waals surface area (Å²) >= 11 is 0. The van der Waals surface area contributed by atoms with Crippen LogP contribution in [0.5, 0.6) is 11.5 Å². The monoisotopic (exact) mass is 216 g/mol. The molecule has 2 heterocycles. The van der Waals surface area contributed by atoms with Gasteiger partial charge in [0.15, 0.2) is 11.5 Å². The van der Waals surface area contributed by atoms with Crippen molar-refractivity contribution in [2.75, 3.05) is 13.2 Å². The number of nitrogens with zero attached hydrogens (tertiary/aromatic N) is 1. The number of aryl methyl sites for hydroxylation is 1. The molecule has 0 atom stereocenters. The lowest BCUT2D eigenvalue weighted by atomic mass is 10.0. The van der Waals surface area contributed by atoms with Gasteiger partial charge in [-0.3, -0.25) is 5.10 Å². The Morgan fingerprint density at radius 1 is 1.19 bits per heavy atom. The van der Waals surface area contributed by atoms with Crippen LogP contribution in [0.3, 0.4) is 0 Å². The molecule has 0 amide bonds. The number of hydrogen-bond donors (Lipinski definition) is 1. The minimum Gasteiger partial charge on any atom is -0.486 e. The molecule has 2 aromatic rings. The molecule has 1 aliphatic rings. The third kappa shape index (κ3) is 1.43. The first-order valence-electron chi connectivity index (χ1n) is 5.24. The molecule has 0 bridgehead atoms. The molecule has 0 fully saturated rings. The van der Waals surface area contributed by atoms with Gasteiger partial charge in [0.25, 0.3) is 0 Å². The lowest BCUT2D eigenvalue weighted by Crippen LogP contribution is -2.15. The molecule has 0 spiro atoms. The summed E-state index contributed by atoms with van der Waals surface area (Å²) in [7, 11) is 0. The topological polar surface area (TPSA) is 47.1 Å². The van der Waals surface area contributed by atoms with Crippen molar-refractivity contribution in [1.82, 2.24) is 10.2 Å². The fraction of sp³-hybridized carbons (Fsp3) is 0.250. The molecule has 4 nitrogen and oxygen atoms in total. The van der Waals surface area contributed by atoms with Crippen LogP contribution in [0, 0.1) is 6.92 Å². The third-order valence-corrected chi connectivity index (χ3v) is 2.68. The normalized spacial score (nSPS) is 13.8. The molecule has 1 aromatic heterocycles. The van der Waals surface area contributed by atoms with Gasteiger partial charge in [0.2, 0.25) is 0 Å². The van der Waals surface area contributed by atoms with E-state index in [9.17, 15) is 0 Å². The first-order chi connectivity index (χ1) is 7.84. The summed E-state index contributed by atoms with van der Waals surface area (Å²) < 4.78 is 11.1. The highest BCUT2D eigenvalue weighted by atomic mass is 16.6. The van der Waals surface area contributed by atoms with Gasteiger partial charge in [-0.05, 0) is 30.7 Å². The van der Waals surface area contributed by atoms with E-state index in [0.29, 0.717) is 13.2 Å². The Kier molecular flexibility index (Phi) is 2.06. The average molecular weight is 216 g/mol. The highest BCUT2D eigenvalue weighted by Gasteiger charge is 2.15. The summed E-state index contributed by atoms with van der Waals surface area (Å²) in [5.74, 6) is 1.63. The van der Waals surface area contributed by atoms with Crippen LogP contribution in [0.2, 0.25) is 0 Å². The van der Waals surface area contributed by atoms with Gasteiger partial charge in [-0.2, -0.15) is 5.10 Å². The van der Waals surface area contributed by atoms with E-state index in [-0.39, 0.29) is 0 Å². The van der Waals surface area contributed by atoms with Crippen LogP contribution in [-0.2, 0) is 0 Å². The number of H-pyrrole nitrogens is 1. The maximum absolute atomic E-state index is 5.56. The molecule has 1 N–H and O–H groups in total. The summed E-state index contributed by atoms with van der Waals surface area (Å²) in [5.41, 5.74) is 3.24. The summed E-state index contributed by atoms with van der Waals surface area (Å²) in [5, 5.41) is 6.91. The van der Waals surface area contributed by atoms with Crippen molar-refractivity contribution >= 4 is 0 Å². The van der Waals surface area contributed by atoms with Crippen molar-refractivity contribution in [3.8, 4) is 22.8 Å². The molecule has 1 aliphatic heterocycles. The molecule has 3 rings (SSSR count). The number of ether oxygens (including phenoxy) is 2. The van der Waals surface area contributed by atoms with E-state index >= 15 is 0 Å². The summed E-state index contributed by atoms with van der Waals surface area (Å²) in [6.45, 7) is 3.28. The lowest BCUT2D eigenvalue weighted by molar-refractivity contribution is 0.171. The molecule has 0 saturated heterocycles. The fourth-order valence-corrected chi connectivity index (χ4v) is 1.89. The van der Waals surface area contributed by atoms with E-state index in [2.05, 4.69) is 17.1 Å². The first-order valence-corrected chi connectivity index (χ1v) is 5.24. The van der Waals surface area contributed by atoms with Crippen molar-refractivity contribution in [1.29, 1.82) is 0 Å². The predicted molar refractivity (Wildman–Crippen MR) is 59.8 cm³/mol. The Morgan fingerprint density at radius 3 is 2.62 bits per heavy atom. The van der Waals surface area contributed by atoms with Gasteiger partial charge in [-0.1, -0.05) is 0 Å². The van der Waals surface area contributed by atoms with E-state index < -0.39 is 0 Å². The predicted octanol–water partition coefficient (Wildman–Crippen LogP) is 2.16. The molecule has 0 aliphatic carbocycles. The van der Waals surface area contributed by atoms with Gasteiger partial charge < -0.3 is 9.47 Å². The number of hydrogen-bond acceptors (Lipinski definition) is 3. The van der Waals surface area contributed by atoms with Crippen molar-refractivity contribution in [2.24, 2.45) is 0 Å². The zero-order chi connectivity index (χ0) is 11.0. The van der Waals surface area contributed by atoms with E-state index in [1.807, 2.05) is 18.2 Å². The SMILES string of the molecule is Cc1cc2c(cc1-c1ccn[nH]1)OCCO2. The maximum Gasteiger partial charge on any atom is 0.162 e. The van der Waals surface area contributed by atoms with Crippen molar-refractivity contribution in [3.63, 3.8) is 0 Å². The second kappa shape index (κ2) is 3.56. The quantitative estimate of drug-likeness (QED) is 0.794. The number of aromatic nitrogens is 2. The molecular formula is C12H12N2O2. The summed E-state index contributed by atoms with van der Waals surface area (Å²) in [6, 6.07) is 5.94. The van der Waals surface area contributed by atoms with Crippen LogP contribution in [0.15, 0.2) is 24.4 Å². The Labute approximate surface area is 93.2 Å². The minimum absolute atomic E-state index is 0.610. The number of rotatable bonds is 1. The number of fused-ring (bicyclic) bond motifs is 1. The molecule has 1 aromatic carbocycles. The van der Waals surface area contributed by atoms with E-state index in [0.717, 1.165) is 28.3 Å². The Hall–Kier alpha value is -1.97. The first kappa shape index (κ1) is 9.27. The summed E-state index contributed by atoms with van der Waals surface area (Å²) in [6.07, 6.45) is 1.74. The van der Waals surface area contributed by atoms with Crippen molar-refractivity contribution in [3.05, 3.63) is 30.0 Å². The minimum atomic E-state index is 0.610. The average Bonchev–Trinajstić information content (AvgIpc) is 2.81. The standard InChI is InChI=1S/C12H12N2O2/c1-8-6-11-12(16-5-4-15-11)7-9(8)10-2-3-13-14-10/h2-3,6-7H,4-5H2,1H3,(H,13,14). The van der Waals surface area contributed by atoms with Crippen molar-refractivity contribution < 1.29 is 9.47 Å². The van der Waals surface area contributed by atoms with Gasteiger partial charge >= 0.3 is 0 Å². The van der Waals surface area contributed by atoms with Gasteiger partial charge in [0, 0.05) is 11.8 Å². The molecule has 82 valence electrons. The van der Waals surface area contributed by atoms with Crippen LogP contribution >= 0.6 is 0 Å². The molecule has 4 heteroatoms. The van der Waals surface area contributed by atoms with Crippen LogP contribution in [0.25, 0.3) is 11.3 Å².